The van der Waals surface area contributed by atoms with Crippen LogP contribution >= 0.6 is 0 Å². The van der Waals surface area contributed by atoms with Crippen LogP contribution in [-0.2, 0) is 14.3 Å². The Hall–Kier alpha value is -2.37. The van der Waals surface area contributed by atoms with Crippen molar-refractivity contribution in [3.63, 3.8) is 0 Å². The monoisotopic (exact) mass is 332 g/mol. The Kier molecular flexibility index (Phi) is 5.95. The first-order valence-corrected chi connectivity index (χ1v) is 8.31. The summed E-state index contributed by atoms with van der Waals surface area (Å²) in [6, 6.07) is 6.49. The van der Waals surface area contributed by atoms with Gasteiger partial charge in [0.25, 0.3) is 0 Å². The minimum Gasteiger partial charge on any atom is -0.465 e. The Labute approximate surface area is 142 Å². The molecule has 2 amide bonds. The summed E-state index contributed by atoms with van der Waals surface area (Å²) >= 11 is 0. The molecule has 0 unspecified atom stereocenters. The molecule has 2 N–H and O–H groups in total. The predicted molar refractivity (Wildman–Crippen MR) is 90.6 cm³/mol. The largest absolute Gasteiger partial charge is 0.465 e. The van der Waals surface area contributed by atoms with Gasteiger partial charge in [-0.3, -0.25) is 9.59 Å². The topological polar surface area (TPSA) is 84.5 Å². The molecule has 0 atom stereocenters. The third-order valence-electron chi connectivity index (χ3n) is 4.23. The van der Waals surface area contributed by atoms with E-state index in [2.05, 4.69) is 22.3 Å². The van der Waals surface area contributed by atoms with Crippen LogP contribution in [0.1, 0.15) is 49.4 Å². The van der Waals surface area contributed by atoms with Crippen molar-refractivity contribution in [3.05, 3.63) is 29.8 Å². The Morgan fingerprint density at radius 1 is 1.17 bits per heavy atom. The summed E-state index contributed by atoms with van der Waals surface area (Å²) in [6.45, 7) is 2.69. The van der Waals surface area contributed by atoms with E-state index in [0.717, 1.165) is 19.3 Å². The summed E-state index contributed by atoms with van der Waals surface area (Å²) in [7, 11) is 1.30. The third-order valence-corrected chi connectivity index (χ3v) is 4.23. The van der Waals surface area contributed by atoms with E-state index < -0.39 is 11.4 Å². The summed E-state index contributed by atoms with van der Waals surface area (Å²) in [5.74, 6) is -1.00. The van der Waals surface area contributed by atoms with E-state index in [9.17, 15) is 14.4 Å². The Morgan fingerprint density at radius 3 is 2.54 bits per heavy atom. The van der Waals surface area contributed by atoms with Crippen LogP contribution in [0.25, 0.3) is 0 Å². The molecule has 0 saturated heterocycles. The lowest BCUT2D eigenvalue weighted by atomic mass is 10.0. The highest BCUT2D eigenvalue weighted by Gasteiger charge is 2.56. The lowest BCUT2D eigenvalue weighted by molar-refractivity contribution is -0.134. The van der Waals surface area contributed by atoms with Crippen molar-refractivity contribution in [2.45, 2.75) is 39.0 Å². The van der Waals surface area contributed by atoms with Gasteiger partial charge in [0.15, 0.2) is 0 Å². The fourth-order valence-electron chi connectivity index (χ4n) is 2.52. The van der Waals surface area contributed by atoms with Gasteiger partial charge in [-0.2, -0.15) is 0 Å². The first-order valence-electron chi connectivity index (χ1n) is 8.31. The van der Waals surface area contributed by atoms with Crippen molar-refractivity contribution < 1.29 is 19.1 Å². The van der Waals surface area contributed by atoms with Crippen LogP contribution < -0.4 is 10.6 Å². The minimum absolute atomic E-state index is 0.208. The number of benzene rings is 1. The molecule has 0 spiro atoms. The summed E-state index contributed by atoms with van der Waals surface area (Å²) in [4.78, 5) is 36.3. The number of nitrogens with one attached hydrogen (secondary N) is 2. The third kappa shape index (κ3) is 4.13. The first kappa shape index (κ1) is 18.0. The highest BCUT2D eigenvalue weighted by molar-refractivity contribution is 6.13. The molecule has 0 bridgehead atoms. The standard InChI is InChI=1S/C18H24N2O4/c1-3-4-5-11-19-16(22)18(9-10-18)17(23)20-14-8-6-7-13(12-14)15(21)24-2/h6-8,12H,3-5,9-11H2,1-2H3,(H,19,22)(H,20,23). The van der Waals surface area contributed by atoms with E-state index in [1.807, 2.05) is 0 Å². The molecule has 1 aromatic rings. The van der Waals surface area contributed by atoms with Crippen molar-refractivity contribution in [1.29, 1.82) is 0 Å². The Morgan fingerprint density at radius 2 is 1.92 bits per heavy atom. The molecule has 24 heavy (non-hydrogen) atoms. The number of hydrogen-bond donors (Lipinski definition) is 2. The first-order chi connectivity index (χ1) is 11.5. The van der Waals surface area contributed by atoms with Crippen LogP contribution in [0.4, 0.5) is 5.69 Å². The van der Waals surface area contributed by atoms with Gasteiger partial charge < -0.3 is 15.4 Å². The molecule has 0 radical (unpaired) electrons. The number of unbranched alkanes of at least 4 members (excludes halogenated alkanes) is 2. The number of methoxy groups -OCH3 is 1. The molecule has 0 heterocycles. The van der Waals surface area contributed by atoms with Gasteiger partial charge in [0, 0.05) is 12.2 Å². The van der Waals surface area contributed by atoms with E-state index in [1.54, 1.807) is 24.3 Å². The molecule has 6 nitrogen and oxygen atoms in total. The zero-order valence-electron chi connectivity index (χ0n) is 14.2. The number of carbonyl (C=O) groups excluding carboxylic acids is 3. The van der Waals surface area contributed by atoms with Gasteiger partial charge in [-0.15, -0.1) is 0 Å². The number of rotatable bonds is 8. The summed E-state index contributed by atoms with van der Waals surface area (Å²) < 4.78 is 4.66. The zero-order chi connectivity index (χ0) is 17.6. The molecule has 1 aliphatic carbocycles. The fraction of sp³-hybridized carbons (Fsp3) is 0.500. The number of carbonyl (C=O) groups is 3. The van der Waals surface area contributed by atoms with E-state index in [0.29, 0.717) is 30.6 Å². The minimum atomic E-state index is -0.965. The van der Waals surface area contributed by atoms with Gasteiger partial charge in [-0.25, -0.2) is 4.79 Å². The quantitative estimate of drug-likeness (QED) is 0.435. The van der Waals surface area contributed by atoms with E-state index in [4.69, 9.17) is 0 Å². The molecular weight excluding hydrogens is 308 g/mol. The molecule has 130 valence electrons. The van der Waals surface area contributed by atoms with Crippen molar-refractivity contribution in [2.24, 2.45) is 5.41 Å². The van der Waals surface area contributed by atoms with E-state index >= 15 is 0 Å². The number of amides is 2. The molecule has 6 heteroatoms. The molecule has 1 aromatic carbocycles. The number of anilines is 1. The molecular formula is C18H24N2O4. The lowest BCUT2D eigenvalue weighted by Crippen LogP contribution is -2.40. The molecule has 1 aliphatic rings. The number of ether oxygens (including phenoxy) is 1. The average Bonchev–Trinajstić information content (AvgIpc) is 3.40. The summed E-state index contributed by atoms with van der Waals surface area (Å²) in [5, 5.41) is 5.59. The van der Waals surface area contributed by atoms with Crippen LogP contribution in [0.3, 0.4) is 0 Å². The second-order valence-corrected chi connectivity index (χ2v) is 6.07. The van der Waals surface area contributed by atoms with Gasteiger partial charge in [-0.1, -0.05) is 25.8 Å². The Bertz CT molecular complexity index is 623. The number of esters is 1. The molecule has 0 aliphatic heterocycles. The molecule has 2 rings (SSSR count). The van der Waals surface area contributed by atoms with Crippen molar-refractivity contribution >= 4 is 23.5 Å². The average molecular weight is 332 g/mol. The van der Waals surface area contributed by atoms with E-state index in [1.165, 1.54) is 7.11 Å². The van der Waals surface area contributed by atoms with Crippen molar-refractivity contribution in [1.82, 2.24) is 5.32 Å². The van der Waals surface area contributed by atoms with Crippen molar-refractivity contribution in [2.75, 3.05) is 19.0 Å². The van der Waals surface area contributed by atoms with Gasteiger partial charge in [0.1, 0.15) is 5.41 Å². The van der Waals surface area contributed by atoms with Gasteiger partial charge >= 0.3 is 5.97 Å². The van der Waals surface area contributed by atoms with Crippen LogP contribution in [-0.4, -0.2) is 31.4 Å². The van der Waals surface area contributed by atoms with Crippen LogP contribution in [0, 0.1) is 5.41 Å². The predicted octanol–water partition coefficient (Wildman–Crippen LogP) is 2.50. The maximum Gasteiger partial charge on any atom is 0.337 e. The van der Waals surface area contributed by atoms with Gasteiger partial charge in [0.05, 0.1) is 12.7 Å². The normalized spacial score (nSPS) is 14.6. The van der Waals surface area contributed by atoms with Crippen LogP contribution in [0.5, 0.6) is 0 Å². The molecule has 1 saturated carbocycles. The second-order valence-electron chi connectivity index (χ2n) is 6.07. The lowest BCUT2D eigenvalue weighted by Gasteiger charge is -2.15. The molecule has 1 fully saturated rings. The zero-order valence-corrected chi connectivity index (χ0v) is 14.2. The van der Waals surface area contributed by atoms with Crippen LogP contribution in [0.2, 0.25) is 0 Å². The van der Waals surface area contributed by atoms with Crippen LogP contribution in [0.15, 0.2) is 24.3 Å². The van der Waals surface area contributed by atoms with Crippen molar-refractivity contribution in [3.8, 4) is 0 Å². The summed E-state index contributed by atoms with van der Waals surface area (Å²) in [5.41, 5.74) is -0.134. The smallest absolute Gasteiger partial charge is 0.337 e. The maximum atomic E-state index is 12.5. The van der Waals surface area contributed by atoms with Gasteiger partial charge in [0.2, 0.25) is 11.8 Å². The second kappa shape index (κ2) is 7.95. The Balaban J connectivity index is 1.96. The highest BCUT2D eigenvalue weighted by atomic mass is 16.5. The fourth-order valence-corrected chi connectivity index (χ4v) is 2.52. The maximum absolute atomic E-state index is 12.5. The summed E-state index contributed by atoms with van der Waals surface area (Å²) in [6.07, 6.45) is 4.16. The molecule has 0 aromatic heterocycles. The van der Waals surface area contributed by atoms with Gasteiger partial charge in [-0.05, 0) is 37.5 Å². The SMILES string of the molecule is CCCCCNC(=O)C1(C(=O)Nc2cccc(C(=O)OC)c2)CC1. The van der Waals surface area contributed by atoms with E-state index in [-0.39, 0.29) is 11.8 Å². The highest BCUT2D eigenvalue weighted by Crippen LogP contribution is 2.46. The number of hydrogen-bond acceptors (Lipinski definition) is 4.